The minimum absolute atomic E-state index is 0.102. The predicted octanol–water partition coefficient (Wildman–Crippen LogP) is 1.31. The van der Waals surface area contributed by atoms with Gasteiger partial charge in [-0.15, -0.1) is 0 Å². The lowest BCUT2D eigenvalue weighted by Crippen LogP contribution is -2.30. The fourth-order valence-electron chi connectivity index (χ4n) is 1.71. The van der Waals surface area contributed by atoms with E-state index in [1.54, 1.807) is 32.0 Å². The third-order valence-electron chi connectivity index (χ3n) is 2.36. The number of hydrogen-bond acceptors (Lipinski definition) is 3. The SMILES string of the molecule is CC(C)NS(=O)(=O)c1ccc2c(c1)CCO2. The van der Waals surface area contributed by atoms with Crippen molar-refractivity contribution in [2.75, 3.05) is 6.61 Å². The summed E-state index contributed by atoms with van der Waals surface area (Å²) in [6.07, 6.45) is 0.778. The van der Waals surface area contributed by atoms with Crippen LogP contribution in [0.3, 0.4) is 0 Å². The van der Waals surface area contributed by atoms with Crippen LogP contribution < -0.4 is 9.46 Å². The van der Waals surface area contributed by atoms with Crippen LogP contribution in [0.4, 0.5) is 0 Å². The first-order chi connectivity index (χ1) is 7.49. The van der Waals surface area contributed by atoms with Crippen molar-refractivity contribution in [3.63, 3.8) is 0 Å². The molecule has 0 unspecified atom stereocenters. The maximum Gasteiger partial charge on any atom is 0.240 e. The number of ether oxygens (including phenoxy) is 1. The van der Waals surface area contributed by atoms with E-state index in [1.165, 1.54) is 0 Å². The highest BCUT2D eigenvalue weighted by atomic mass is 32.2. The maximum absolute atomic E-state index is 11.9. The van der Waals surface area contributed by atoms with Gasteiger partial charge < -0.3 is 4.74 Å². The van der Waals surface area contributed by atoms with Crippen molar-refractivity contribution in [1.82, 2.24) is 4.72 Å². The van der Waals surface area contributed by atoms with Gasteiger partial charge in [0.05, 0.1) is 11.5 Å². The van der Waals surface area contributed by atoms with Gasteiger partial charge in [-0.05, 0) is 37.6 Å². The number of nitrogens with one attached hydrogen (secondary N) is 1. The van der Waals surface area contributed by atoms with E-state index in [-0.39, 0.29) is 6.04 Å². The number of hydrogen-bond donors (Lipinski definition) is 1. The zero-order valence-electron chi connectivity index (χ0n) is 9.36. The van der Waals surface area contributed by atoms with E-state index >= 15 is 0 Å². The molecule has 1 aliphatic rings. The lowest BCUT2D eigenvalue weighted by Gasteiger charge is -2.10. The third-order valence-corrected chi connectivity index (χ3v) is 4.02. The zero-order chi connectivity index (χ0) is 11.8. The topological polar surface area (TPSA) is 55.4 Å². The molecule has 5 heteroatoms. The van der Waals surface area contributed by atoms with E-state index in [4.69, 9.17) is 4.74 Å². The van der Waals surface area contributed by atoms with Gasteiger partial charge in [-0.3, -0.25) is 0 Å². The normalized spacial score (nSPS) is 14.9. The van der Waals surface area contributed by atoms with Gasteiger partial charge in [0.15, 0.2) is 0 Å². The molecule has 88 valence electrons. The van der Waals surface area contributed by atoms with E-state index in [1.807, 2.05) is 0 Å². The summed E-state index contributed by atoms with van der Waals surface area (Å²) in [5.41, 5.74) is 0.964. The quantitative estimate of drug-likeness (QED) is 0.868. The van der Waals surface area contributed by atoms with Gasteiger partial charge in [0.25, 0.3) is 0 Å². The Kier molecular flexibility index (Phi) is 2.90. The molecule has 0 aromatic heterocycles. The summed E-state index contributed by atoms with van der Waals surface area (Å²) in [6.45, 7) is 4.23. The molecule has 0 atom stereocenters. The van der Waals surface area contributed by atoms with E-state index in [9.17, 15) is 8.42 Å². The van der Waals surface area contributed by atoms with Crippen molar-refractivity contribution in [3.05, 3.63) is 23.8 Å². The Labute approximate surface area is 95.7 Å². The summed E-state index contributed by atoms with van der Waals surface area (Å²) in [6, 6.07) is 4.88. The largest absolute Gasteiger partial charge is 0.493 e. The van der Waals surface area contributed by atoms with Crippen LogP contribution in [0.5, 0.6) is 5.75 Å². The Morgan fingerprint density at radius 1 is 1.38 bits per heavy atom. The van der Waals surface area contributed by atoms with Crippen molar-refractivity contribution in [1.29, 1.82) is 0 Å². The molecule has 0 saturated heterocycles. The molecule has 4 nitrogen and oxygen atoms in total. The van der Waals surface area contributed by atoms with Crippen LogP contribution in [-0.2, 0) is 16.4 Å². The number of fused-ring (bicyclic) bond motifs is 1. The first-order valence-electron chi connectivity index (χ1n) is 5.27. The van der Waals surface area contributed by atoms with Gasteiger partial charge >= 0.3 is 0 Å². The third kappa shape index (κ3) is 2.20. The molecule has 1 aliphatic heterocycles. The summed E-state index contributed by atoms with van der Waals surface area (Å²) in [4.78, 5) is 0.311. The van der Waals surface area contributed by atoms with Crippen LogP contribution >= 0.6 is 0 Å². The van der Waals surface area contributed by atoms with E-state index in [0.717, 1.165) is 17.7 Å². The monoisotopic (exact) mass is 241 g/mol. The Balaban J connectivity index is 2.34. The van der Waals surface area contributed by atoms with Crippen molar-refractivity contribution in [2.45, 2.75) is 31.2 Å². The minimum Gasteiger partial charge on any atom is -0.493 e. The maximum atomic E-state index is 11.9. The summed E-state index contributed by atoms with van der Waals surface area (Å²) in [7, 11) is -3.39. The van der Waals surface area contributed by atoms with Crippen molar-refractivity contribution >= 4 is 10.0 Å². The Morgan fingerprint density at radius 2 is 2.12 bits per heavy atom. The van der Waals surface area contributed by atoms with Gasteiger partial charge in [0, 0.05) is 12.5 Å². The molecule has 1 aromatic rings. The molecule has 0 fully saturated rings. The Bertz CT molecular complexity index is 494. The summed E-state index contributed by atoms with van der Waals surface area (Å²) < 4.78 is 31.7. The molecule has 16 heavy (non-hydrogen) atoms. The summed E-state index contributed by atoms with van der Waals surface area (Å²) >= 11 is 0. The summed E-state index contributed by atoms with van der Waals surface area (Å²) in [5, 5.41) is 0. The molecule has 1 heterocycles. The Hall–Kier alpha value is -1.07. The average Bonchev–Trinajstić information content (AvgIpc) is 2.61. The molecular weight excluding hydrogens is 226 g/mol. The van der Waals surface area contributed by atoms with Gasteiger partial charge in [-0.1, -0.05) is 0 Å². The fourth-order valence-corrected chi connectivity index (χ4v) is 3.01. The van der Waals surface area contributed by atoms with Crippen molar-refractivity contribution in [2.24, 2.45) is 0 Å². The highest BCUT2D eigenvalue weighted by Crippen LogP contribution is 2.27. The van der Waals surface area contributed by atoms with E-state index in [2.05, 4.69) is 4.72 Å². The van der Waals surface area contributed by atoms with Crippen LogP contribution in [0.15, 0.2) is 23.1 Å². The Morgan fingerprint density at radius 3 is 2.81 bits per heavy atom. The molecule has 1 aromatic carbocycles. The van der Waals surface area contributed by atoms with Crippen molar-refractivity contribution < 1.29 is 13.2 Å². The smallest absolute Gasteiger partial charge is 0.240 e. The molecule has 0 saturated carbocycles. The number of rotatable bonds is 3. The minimum atomic E-state index is -3.39. The molecule has 2 rings (SSSR count). The number of sulfonamides is 1. The molecule has 0 amide bonds. The molecule has 0 spiro atoms. The fraction of sp³-hybridized carbons (Fsp3) is 0.455. The highest BCUT2D eigenvalue weighted by Gasteiger charge is 2.19. The first-order valence-corrected chi connectivity index (χ1v) is 6.75. The second-order valence-electron chi connectivity index (χ2n) is 4.14. The first kappa shape index (κ1) is 11.4. The van der Waals surface area contributed by atoms with E-state index in [0.29, 0.717) is 11.5 Å². The standard InChI is InChI=1S/C11H15NO3S/c1-8(2)12-16(13,14)10-3-4-11-9(7-10)5-6-15-11/h3-4,7-8,12H,5-6H2,1-2H3. The van der Waals surface area contributed by atoms with Crippen molar-refractivity contribution in [3.8, 4) is 5.75 Å². The van der Waals surface area contributed by atoms with Crippen LogP contribution in [0.25, 0.3) is 0 Å². The summed E-state index contributed by atoms with van der Waals surface area (Å²) in [5.74, 6) is 0.795. The van der Waals surface area contributed by atoms with Crippen LogP contribution in [-0.4, -0.2) is 21.1 Å². The molecule has 0 bridgehead atoms. The second kappa shape index (κ2) is 4.07. The van der Waals surface area contributed by atoms with Gasteiger partial charge in [0.1, 0.15) is 5.75 Å². The molecule has 0 aliphatic carbocycles. The van der Waals surface area contributed by atoms with Gasteiger partial charge in [0.2, 0.25) is 10.0 Å². The molecule has 1 N–H and O–H groups in total. The highest BCUT2D eigenvalue weighted by molar-refractivity contribution is 7.89. The van der Waals surface area contributed by atoms with E-state index < -0.39 is 10.0 Å². The lowest BCUT2D eigenvalue weighted by molar-refractivity contribution is 0.356. The molecular formula is C11H15NO3S. The lowest BCUT2D eigenvalue weighted by atomic mass is 10.2. The van der Waals surface area contributed by atoms with Gasteiger partial charge in [-0.25, -0.2) is 13.1 Å². The number of benzene rings is 1. The van der Waals surface area contributed by atoms with Crippen LogP contribution in [0, 0.1) is 0 Å². The zero-order valence-corrected chi connectivity index (χ0v) is 10.2. The van der Waals surface area contributed by atoms with Gasteiger partial charge in [-0.2, -0.15) is 0 Å². The average molecular weight is 241 g/mol. The van der Waals surface area contributed by atoms with Crippen LogP contribution in [0.2, 0.25) is 0 Å². The van der Waals surface area contributed by atoms with Crippen LogP contribution in [0.1, 0.15) is 19.4 Å². The predicted molar refractivity (Wildman–Crippen MR) is 61.1 cm³/mol. The molecule has 0 radical (unpaired) electrons. The second-order valence-corrected chi connectivity index (χ2v) is 5.86.